The van der Waals surface area contributed by atoms with Crippen LogP contribution >= 0.6 is 12.2 Å². The van der Waals surface area contributed by atoms with Crippen molar-refractivity contribution < 1.29 is 14.2 Å². The second-order valence-electron chi connectivity index (χ2n) is 5.76. The van der Waals surface area contributed by atoms with Gasteiger partial charge in [0, 0.05) is 0 Å². The maximum Gasteiger partial charge on any atom is 0.334 e. The Labute approximate surface area is 158 Å². The molecule has 7 nitrogen and oxygen atoms in total. The summed E-state index contributed by atoms with van der Waals surface area (Å²) in [5.41, 5.74) is 0.113. The Balaban J connectivity index is 1.97. The summed E-state index contributed by atoms with van der Waals surface area (Å²) in [4.78, 5) is 28.3. The van der Waals surface area contributed by atoms with E-state index in [4.69, 9.17) is 26.4 Å². The summed E-state index contributed by atoms with van der Waals surface area (Å²) in [6, 6.07) is 13.2. The number of aromatic nitrogens is 2. The van der Waals surface area contributed by atoms with Gasteiger partial charge in [-0.05, 0) is 48.0 Å². The normalized spacial score (nSPS) is 12.0. The molecule has 4 rings (SSSR count). The highest BCUT2D eigenvalue weighted by Gasteiger charge is 2.16. The van der Waals surface area contributed by atoms with Crippen molar-refractivity contribution in [1.82, 2.24) is 9.55 Å². The number of H-pyrrole nitrogens is 1. The second kappa shape index (κ2) is 6.73. The van der Waals surface area contributed by atoms with Crippen LogP contribution in [0.15, 0.2) is 58.1 Å². The predicted octanol–water partition coefficient (Wildman–Crippen LogP) is 2.66. The van der Waals surface area contributed by atoms with Crippen molar-refractivity contribution in [2.24, 2.45) is 0 Å². The van der Waals surface area contributed by atoms with Gasteiger partial charge in [0.2, 0.25) is 6.79 Å². The lowest BCUT2D eigenvalue weighted by Gasteiger charge is -2.05. The molecule has 0 fully saturated rings. The molecule has 0 atom stereocenters. The molecule has 136 valence electrons. The number of aromatic amines is 1. The first-order valence-electron chi connectivity index (χ1n) is 8.02. The Morgan fingerprint density at radius 3 is 2.52 bits per heavy atom. The van der Waals surface area contributed by atoms with Crippen molar-refractivity contribution >= 4 is 12.2 Å². The summed E-state index contributed by atoms with van der Waals surface area (Å²) in [5, 5.41) is 0. The van der Waals surface area contributed by atoms with Crippen molar-refractivity contribution in [2.45, 2.75) is 0 Å². The Hall–Kier alpha value is -3.39. The molecule has 8 heteroatoms. The first-order valence-corrected chi connectivity index (χ1v) is 8.43. The SMILES string of the molecule is COc1ccc(-n2c(=O)[nH]c(=S)cc(-c3ccc4c(c3)OCO4)c2=O)cc1. The monoisotopic (exact) mass is 382 g/mol. The van der Waals surface area contributed by atoms with Gasteiger partial charge in [-0.3, -0.25) is 9.78 Å². The van der Waals surface area contributed by atoms with Gasteiger partial charge in [0.25, 0.3) is 5.56 Å². The summed E-state index contributed by atoms with van der Waals surface area (Å²) in [6.07, 6.45) is 0. The number of nitrogens with zero attached hydrogens (tertiary/aromatic N) is 1. The van der Waals surface area contributed by atoms with Crippen LogP contribution in [0.2, 0.25) is 0 Å². The number of fused-ring (bicyclic) bond motifs is 1. The Bertz CT molecular complexity index is 1200. The van der Waals surface area contributed by atoms with Crippen LogP contribution in [0.1, 0.15) is 0 Å². The van der Waals surface area contributed by atoms with E-state index in [1.54, 1.807) is 42.5 Å². The largest absolute Gasteiger partial charge is 0.497 e. The van der Waals surface area contributed by atoms with Gasteiger partial charge >= 0.3 is 5.69 Å². The van der Waals surface area contributed by atoms with E-state index in [-0.39, 0.29) is 17.0 Å². The zero-order chi connectivity index (χ0) is 19.0. The second-order valence-corrected chi connectivity index (χ2v) is 6.20. The lowest BCUT2D eigenvalue weighted by Crippen LogP contribution is -2.30. The number of rotatable bonds is 3. The highest BCUT2D eigenvalue weighted by atomic mass is 32.1. The first kappa shape index (κ1) is 17.0. The van der Waals surface area contributed by atoms with Crippen LogP contribution in [-0.2, 0) is 0 Å². The van der Waals surface area contributed by atoms with Crippen molar-refractivity contribution in [3.63, 3.8) is 0 Å². The minimum atomic E-state index is -0.623. The molecule has 1 N–H and O–H groups in total. The maximum atomic E-state index is 13.2. The minimum absolute atomic E-state index is 0.127. The molecule has 2 heterocycles. The van der Waals surface area contributed by atoms with Crippen LogP contribution in [0.4, 0.5) is 0 Å². The lowest BCUT2D eigenvalue weighted by molar-refractivity contribution is 0.174. The number of ether oxygens (including phenoxy) is 3. The van der Waals surface area contributed by atoms with Crippen molar-refractivity contribution in [3.8, 4) is 34.1 Å². The van der Waals surface area contributed by atoms with Crippen molar-refractivity contribution in [1.29, 1.82) is 0 Å². The smallest absolute Gasteiger partial charge is 0.334 e. The van der Waals surface area contributed by atoms with Gasteiger partial charge in [-0.15, -0.1) is 0 Å². The van der Waals surface area contributed by atoms with E-state index in [1.807, 2.05) is 0 Å². The van der Waals surface area contributed by atoms with Crippen LogP contribution in [0, 0.1) is 4.64 Å². The molecule has 0 amide bonds. The van der Waals surface area contributed by atoms with E-state index in [0.29, 0.717) is 28.5 Å². The standard InChI is InChI=1S/C19H14N2O5S/c1-24-13-5-3-12(4-6-13)21-18(22)14(9-17(27)20-19(21)23)11-2-7-15-16(8-11)26-10-25-15/h2-9H,10H2,1H3,(H,20,23,27). The van der Waals surface area contributed by atoms with E-state index in [2.05, 4.69) is 4.98 Å². The number of hydrogen-bond acceptors (Lipinski definition) is 6. The number of hydrogen-bond donors (Lipinski definition) is 1. The number of benzene rings is 2. The highest BCUT2D eigenvalue weighted by Crippen LogP contribution is 2.35. The van der Waals surface area contributed by atoms with Gasteiger partial charge in [-0.2, -0.15) is 0 Å². The molecule has 0 saturated carbocycles. The van der Waals surface area contributed by atoms with Gasteiger partial charge in [-0.1, -0.05) is 18.3 Å². The van der Waals surface area contributed by atoms with E-state index < -0.39 is 11.2 Å². The lowest BCUT2D eigenvalue weighted by atomic mass is 10.1. The van der Waals surface area contributed by atoms with Crippen LogP contribution in [-0.4, -0.2) is 23.5 Å². The van der Waals surface area contributed by atoms with Gasteiger partial charge in [0.1, 0.15) is 10.4 Å². The Kier molecular flexibility index (Phi) is 4.25. The molecule has 3 aromatic rings. The summed E-state index contributed by atoms with van der Waals surface area (Å²) < 4.78 is 17.0. The molecular formula is C19H14N2O5S. The van der Waals surface area contributed by atoms with Crippen molar-refractivity contribution in [2.75, 3.05) is 13.9 Å². The van der Waals surface area contributed by atoms with Gasteiger partial charge in [0.05, 0.1) is 18.4 Å². The average molecular weight is 382 g/mol. The molecule has 1 aliphatic heterocycles. The van der Waals surface area contributed by atoms with Crippen LogP contribution in [0.25, 0.3) is 16.8 Å². The van der Waals surface area contributed by atoms with E-state index >= 15 is 0 Å². The molecule has 1 aromatic heterocycles. The first-order chi connectivity index (χ1) is 13.1. The third-order valence-corrected chi connectivity index (χ3v) is 4.38. The number of methoxy groups -OCH3 is 1. The van der Waals surface area contributed by atoms with E-state index in [9.17, 15) is 9.59 Å². The summed E-state index contributed by atoms with van der Waals surface area (Å²) in [7, 11) is 1.54. The van der Waals surface area contributed by atoms with Crippen LogP contribution in [0.3, 0.4) is 0 Å². The fourth-order valence-corrected chi connectivity index (χ4v) is 3.04. The van der Waals surface area contributed by atoms with E-state index in [1.165, 1.54) is 13.2 Å². The summed E-state index contributed by atoms with van der Waals surface area (Å²) in [5.74, 6) is 1.75. The minimum Gasteiger partial charge on any atom is -0.497 e. The number of nitrogens with one attached hydrogen (secondary N) is 1. The van der Waals surface area contributed by atoms with E-state index in [0.717, 1.165) is 4.57 Å². The quantitative estimate of drug-likeness (QED) is 0.702. The highest BCUT2D eigenvalue weighted by molar-refractivity contribution is 7.71. The molecule has 1 aliphatic rings. The van der Waals surface area contributed by atoms with Crippen molar-refractivity contribution in [3.05, 3.63) is 74.0 Å². The summed E-state index contributed by atoms with van der Waals surface area (Å²) in [6.45, 7) is 0.127. The third-order valence-electron chi connectivity index (χ3n) is 4.16. The molecule has 0 unspecified atom stereocenters. The molecule has 2 aromatic carbocycles. The molecule has 0 radical (unpaired) electrons. The fourth-order valence-electron chi connectivity index (χ4n) is 2.84. The van der Waals surface area contributed by atoms with Gasteiger partial charge < -0.3 is 14.2 Å². The zero-order valence-electron chi connectivity index (χ0n) is 14.2. The molecular weight excluding hydrogens is 368 g/mol. The molecule has 0 saturated heterocycles. The Morgan fingerprint density at radius 2 is 1.78 bits per heavy atom. The third kappa shape index (κ3) is 3.11. The van der Waals surface area contributed by atoms with Crippen LogP contribution < -0.4 is 25.5 Å². The van der Waals surface area contributed by atoms with Gasteiger partial charge in [-0.25, -0.2) is 9.36 Å². The molecule has 0 bridgehead atoms. The molecule has 0 spiro atoms. The molecule has 0 aliphatic carbocycles. The zero-order valence-corrected chi connectivity index (χ0v) is 15.0. The van der Waals surface area contributed by atoms with Crippen LogP contribution in [0.5, 0.6) is 17.2 Å². The molecule has 27 heavy (non-hydrogen) atoms. The fraction of sp³-hybridized carbons (Fsp3) is 0.105. The topological polar surface area (TPSA) is 82.6 Å². The predicted molar refractivity (Wildman–Crippen MR) is 102 cm³/mol. The average Bonchev–Trinajstić information content (AvgIpc) is 3.10. The summed E-state index contributed by atoms with van der Waals surface area (Å²) >= 11 is 5.18. The maximum absolute atomic E-state index is 13.2. The van der Waals surface area contributed by atoms with Gasteiger partial charge in [0.15, 0.2) is 11.5 Å². The Morgan fingerprint density at radius 1 is 1.04 bits per heavy atom.